The van der Waals surface area contributed by atoms with Crippen LogP contribution in [0.3, 0.4) is 0 Å². The van der Waals surface area contributed by atoms with Crippen LogP contribution in [0.5, 0.6) is 5.75 Å². The van der Waals surface area contributed by atoms with Crippen LogP contribution in [-0.4, -0.2) is 5.97 Å². The molecule has 0 atom stereocenters. The maximum atomic E-state index is 12.1. The summed E-state index contributed by atoms with van der Waals surface area (Å²) in [7, 11) is 0. The zero-order valence-electron chi connectivity index (χ0n) is 15.3. The second kappa shape index (κ2) is 6.68. The van der Waals surface area contributed by atoms with E-state index in [9.17, 15) is 4.79 Å². The van der Waals surface area contributed by atoms with E-state index < -0.39 is 5.97 Å². The van der Waals surface area contributed by atoms with E-state index in [2.05, 4.69) is 47.6 Å². The van der Waals surface area contributed by atoms with E-state index in [1.807, 2.05) is 18.2 Å². The van der Waals surface area contributed by atoms with Crippen LogP contribution in [0.2, 0.25) is 0 Å². The smallest absolute Gasteiger partial charge is 0.286 e. The lowest BCUT2D eigenvalue weighted by Gasteiger charge is -2.26. The second-order valence-electron chi connectivity index (χ2n) is 8.03. The third kappa shape index (κ3) is 4.38. The van der Waals surface area contributed by atoms with E-state index in [0.717, 1.165) is 5.56 Å². The van der Waals surface area contributed by atoms with Gasteiger partial charge in [-0.15, -0.1) is 0 Å². The Hall–Kier alpha value is -2.29. The molecule has 0 heterocycles. The fraction of sp³-hybridized carbons (Fsp3) is 0.381. The van der Waals surface area contributed by atoms with E-state index in [1.165, 1.54) is 5.56 Å². The highest BCUT2D eigenvalue weighted by Gasteiger charge is 2.24. The number of hydrogen-bond acceptors (Lipinski definition) is 3. The molecule has 0 saturated carbocycles. The van der Waals surface area contributed by atoms with Gasteiger partial charge in [-0.1, -0.05) is 71.9 Å². The van der Waals surface area contributed by atoms with Crippen molar-refractivity contribution in [2.75, 3.05) is 0 Å². The van der Waals surface area contributed by atoms with Gasteiger partial charge in [0.15, 0.2) is 5.75 Å². The second-order valence-corrected chi connectivity index (χ2v) is 8.03. The summed E-state index contributed by atoms with van der Waals surface area (Å²) in [4.78, 5) is 22.5. The zero-order chi connectivity index (χ0) is 18.0. The summed E-state index contributed by atoms with van der Waals surface area (Å²) in [5.41, 5.74) is 2.60. The molecule has 0 bridgehead atoms. The Balaban J connectivity index is 2.25. The van der Waals surface area contributed by atoms with Gasteiger partial charge in [-0.25, -0.2) is 9.68 Å². The predicted octanol–water partition coefficient (Wildman–Crippen LogP) is 5.43. The Bertz CT molecular complexity index is 704. The molecule has 0 amide bonds. The Morgan fingerprint density at radius 1 is 0.833 bits per heavy atom. The van der Waals surface area contributed by atoms with Crippen molar-refractivity contribution in [3.8, 4) is 5.75 Å². The highest BCUT2D eigenvalue weighted by Crippen LogP contribution is 2.35. The molecule has 2 aromatic rings. The first kappa shape index (κ1) is 18.1. The summed E-state index contributed by atoms with van der Waals surface area (Å²) in [6.45, 7) is 12.8. The standard InChI is InChI=1S/C21H26O3/c1-20(2,3)16-12-13-18(17(14-16)21(4,5)6)23-24-19(22)15-10-8-7-9-11-15/h7-14H,1-6H3. The summed E-state index contributed by atoms with van der Waals surface area (Å²) in [6, 6.07) is 14.8. The van der Waals surface area contributed by atoms with Gasteiger partial charge in [0, 0.05) is 5.56 Å². The molecular weight excluding hydrogens is 300 g/mol. The van der Waals surface area contributed by atoms with Crippen LogP contribution >= 0.6 is 0 Å². The summed E-state index contributed by atoms with van der Waals surface area (Å²) >= 11 is 0. The number of rotatable bonds is 3. The molecule has 0 saturated heterocycles. The van der Waals surface area contributed by atoms with Gasteiger partial charge in [0.05, 0.1) is 5.56 Å². The lowest BCUT2D eigenvalue weighted by molar-refractivity contribution is -0.150. The third-order valence-corrected chi connectivity index (χ3v) is 3.87. The van der Waals surface area contributed by atoms with Gasteiger partial charge in [0.2, 0.25) is 0 Å². The van der Waals surface area contributed by atoms with Crippen molar-refractivity contribution in [1.82, 2.24) is 0 Å². The Morgan fingerprint density at radius 2 is 1.46 bits per heavy atom. The van der Waals surface area contributed by atoms with Crippen LogP contribution < -0.4 is 4.89 Å². The van der Waals surface area contributed by atoms with Crippen LogP contribution in [0.25, 0.3) is 0 Å². The summed E-state index contributed by atoms with van der Waals surface area (Å²) in [5.74, 6) is 0.0649. The van der Waals surface area contributed by atoms with Crippen molar-refractivity contribution in [2.24, 2.45) is 0 Å². The van der Waals surface area contributed by atoms with E-state index in [4.69, 9.17) is 9.78 Å². The molecule has 0 aliphatic carbocycles. The maximum absolute atomic E-state index is 12.1. The van der Waals surface area contributed by atoms with Crippen molar-refractivity contribution in [3.63, 3.8) is 0 Å². The molecule has 0 radical (unpaired) electrons. The van der Waals surface area contributed by atoms with Crippen molar-refractivity contribution >= 4 is 5.97 Å². The van der Waals surface area contributed by atoms with Crippen molar-refractivity contribution < 1.29 is 14.6 Å². The van der Waals surface area contributed by atoms with Crippen LogP contribution in [-0.2, 0) is 15.7 Å². The minimum atomic E-state index is -0.504. The number of hydrogen-bond donors (Lipinski definition) is 0. The summed E-state index contributed by atoms with van der Waals surface area (Å²) in [6.07, 6.45) is 0. The normalized spacial score (nSPS) is 11.9. The molecule has 2 rings (SSSR count). The SMILES string of the molecule is CC(C)(C)c1ccc(OOC(=O)c2ccccc2)c(C(C)(C)C)c1. The zero-order valence-corrected chi connectivity index (χ0v) is 15.3. The van der Waals surface area contributed by atoms with Crippen molar-refractivity contribution in [1.29, 1.82) is 0 Å². The van der Waals surface area contributed by atoms with Gasteiger partial charge in [-0.05, 0) is 34.6 Å². The first-order valence-electron chi connectivity index (χ1n) is 8.18. The maximum Gasteiger partial charge on any atom is 0.386 e. The van der Waals surface area contributed by atoms with E-state index >= 15 is 0 Å². The Labute approximate surface area is 144 Å². The van der Waals surface area contributed by atoms with Crippen LogP contribution in [0, 0.1) is 0 Å². The largest absolute Gasteiger partial charge is 0.386 e. The van der Waals surface area contributed by atoms with Gasteiger partial charge >= 0.3 is 5.97 Å². The molecule has 0 fully saturated rings. The number of benzene rings is 2. The minimum Gasteiger partial charge on any atom is -0.286 e. The fourth-order valence-electron chi connectivity index (χ4n) is 2.36. The molecule has 2 aromatic carbocycles. The highest BCUT2D eigenvalue weighted by molar-refractivity contribution is 5.88. The molecular formula is C21H26O3. The van der Waals surface area contributed by atoms with Crippen LogP contribution in [0.15, 0.2) is 48.5 Å². The van der Waals surface area contributed by atoms with Crippen molar-refractivity contribution in [2.45, 2.75) is 52.4 Å². The summed E-state index contributed by atoms with van der Waals surface area (Å²) < 4.78 is 0. The molecule has 0 unspecified atom stereocenters. The topological polar surface area (TPSA) is 35.5 Å². The van der Waals surface area contributed by atoms with E-state index in [1.54, 1.807) is 24.3 Å². The lowest BCUT2D eigenvalue weighted by Crippen LogP contribution is -2.18. The average molecular weight is 326 g/mol. The lowest BCUT2D eigenvalue weighted by atomic mass is 9.80. The average Bonchev–Trinajstić information content (AvgIpc) is 2.51. The highest BCUT2D eigenvalue weighted by atomic mass is 17.2. The minimum absolute atomic E-state index is 0.0409. The monoisotopic (exact) mass is 326 g/mol. The van der Waals surface area contributed by atoms with Gasteiger partial charge in [0.1, 0.15) is 0 Å². The number of carbonyl (C=O) groups is 1. The van der Waals surface area contributed by atoms with Crippen LogP contribution in [0.4, 0.5) is 0 Å². The number of carbonyl (C=O) groups excluding carboxylic acids is 1. The molecule has 24 heavy (non-hydrogen) atoms. The summed E-state index contributed by atoms with van der Waals surface area (Å²) in [5, 5.41) is 0. The van der Waals surface area contributed by atoms with Gasteiger partial charge in [-0.2, -0.15) is 0 Å². The van der Waals surface area contributed by atoms with E-state index in [-0.39, 0.29) is 10.8 Å². The molecule has 0 aliphatic rings. The molecule has 3 nitrogen and oxygen atoms in total. The Kier molecular flexibility index (Phi) is 5.02. The third-order valence-electron chi connectivity index (χ3n) is 3.87. The molecule has 0 spiro atoms. The van der Waals surface area contributed by atoms with Crippen molar-refractivity contribution in [3.05, 3.63) is 65.2 Å². The first-order valence-corrected chi connectivity index (χ1v) is 8.18. The van der Waals surface area contributed by atoms with Gasteiger partial charge < -0.3 is 0 Å². The molecule has 3 heteroatoms. The quantitative estimate of drug-likeness (QED) is 0.557. The molecule has 0 aliphatic heterocycles. The van der Waals surface area contributed by atoms with E-state index in [0.29, 0.717) is 11.3 Å². The predicted molar refractivity (Wildman–Crippen MR) is 96.3 cm³/mol. The molecule has 0 N–H and O–H groups in total. The fourth-order valence-corrected chi connectivity index (χ4v) is 2.36. The Morgan fingerprint density at radius 3 is 2.00 bits per heavy atom. The van der Waals surface area contributed by atoms with Gasteiger partial charge in [-0.3, -0.25) is 4.89 Å². The molecule has 128 valence electrons. The van der Waals surface area contributed by atoms with Crippen LogP contribution in [0.1, 0.15) is 63.0 Å². The first-order chi connectivity index (χ1) is 11.1. The van der Waals surface area contributed by atoms with Gasteiger partial charge in [0.25, 0.3) is 0 Å². The molecule has 0 aromatic heterocycles.